The first-order chi connectivity index (χ1) is 18.4. The smallest absolute Gasteiger partial charge is 0.159 e. The Kier molecular flexibility index (Phi) is 5.89. The average Bonchev–Trinajstić information content (AvgIpc) is 3.51. The van der Waals surface area contributed by atoms with Crippen LogP contribution in [0.5, 0.6) is 5.75 Å². The third-order valence-electron chi connectivity index (χ3n) is 6.11. The van der Waals surface area contributed by atoms with E-state index in [0.717, 1.165) is 16.5 Å². The Balaban J connectivity index is 1.40. The number of halogens is 1. The van der Waals surface area contributed by atoms with Gasteiger partial charge in [0.2, 0.25) is 0 Å². The summed E-state index contributed by atoms with van der Waals surface area (Å²) >= 11 is 0. The maximum absolute atomic E-state index is 14.5. The van der Waals surface area contributed by atoms with Crippen LogP contribution in [0, 0.1) is 5.82 Å². The van der Waals surface area contributed by atoms with Crippen molar-refractivity contribution in [2.45, 2.75) is 0 Å². The monoisotopic (exact) mass is 509 g/mol. The Hall–Kier alpha value is -4.90. The third kappa shape index (κ3) is 4.50. The molecule has 0 fully saturated rings. The molecule has 38 heavy (non-hydrogen) atoms. The molecule has 0 atom stereocenters. The number of nitrogens with zero attached hydrogens (tertiary/aromatic N) is 6. The number of nitrogens with two attached hydrogens (primary N) is 1. The third-order valence-corrected chi connectivity index (χ3v) is 6.11. The van der Waals surface area contributed by atoms with Crippen LogP contribution in [0.15, 0.2) is 61.3 Å². The lowest BCUT2D eigenvalue weighted by atomic mass is 10.1. The Bertz CT molecular complexity index is 1780. The minimum Gasteiger partial charge on any atom is -0.492 e. The lowest BCUT2D eigenvalue weighted by Gasteiger charge is -2.12. The second-order valence-electron chi connectivity index (χ2n) is 9.19. The van der Waals surface area contributed by atoms with Gasteiger partial charge in [0.15, 0.2) is 5.82 Å². The Morgan fingerprint density at radius 2 is 1.82 bits per heavy atom. The van der Waals surface area contributed by atoms with E-state index in [0.29, 0.717) is 64.0 Å². The maximum Gasteiger partial charge on any atom is 0.159 e. The van der Waals surface area contributed by atoms with Gasteiger partial charge in [-0.2, -0.15) is 5.10 Å². The van der Waals surface area contributed by atoms with E-state index < -0.39 is 5.82 Å². The van der Waals surface area contributed by atoms with Gasteiger partial charge in [0.05, 0.1) is 40.3 Å². The highest BCUT2D eigenvalue weighted by atomic mass is 19.1. The highest BCUT2D eigenvalue weighted by Crippen LogP contribution is 2.33. The molecule has 0 aliphatic heterocycles. The van der Waals surface area contributed by atoms with Crippen LogP contribution in [0.3, 0.4) is 0 Å². The van der Waals surface area contributed by atoms with Gasteiger partial charge in [0.25, 0.3) is 0 Å². The molecule has 0 radical (unpaired) electrons. The first-order valence-corrected chi connectivity index (χ1v) is 11.9. The van der Waals surface area contributed by atoms with Gasteiger partial charge in [-0.25, -0.2) is 9.37 Å². The summed E-state index contributed by atoms with van der Waals surface area (Å²) in [4.78, 5) is 23.2. The Morgan fingerprint density at radius 3 is 2.66 bits per heavy atom. The minimum absolute atomic E-state index is 0.399. The lowest BCUT2D eigenvalue weighted by Crippen LogP contribution is -2.19. The Labute approximate surface area is 216 Å². The summed E-state index contributed by atoms with van der Waals surface area (Å²) < 4.78 is 20.3. The van der Waals surface area contributed by atoms with Crippen molar-refractivity contribution in [3.8, 4) is 39.7 Å². The van der Waals surface area contributed by atoms with Crippen molar-refractivity contribution in [3.63, 3.8) is 0 Å². The molecule has 5 aromatic heterocycles. The number of anilines is 1. The van der Waals surface area contributed by atoms with Crippen LogP contribution in [0.1, 0.15) is 0 Å². The first-order valence-electron chi connectivity index (χ1n) is 11.9. The highest BCUT2D eigenvalue weighted by Gasteiger charge is 2.17. The predicted octanol–water partition coefficient (Wildman–Crippen LogP) is 4.29. The van der Waals surface area contributed by atoms with Gasteiger partial charge in [-0.05, 0) is 43.9 Å². The molecule has 0 spiro atoms. The van der Waals surface area contributed by atoms with E-state index >= 15 is 0 Å². The van der Waals surface area contributed by atoms with Gasteiger partial charge in [0.1, 0.15) is 23.9 Å². The molecule has 0 aliphatic rings. The standard InChI is InChI=1S/C27H24FN9O/c1-37(2)3-4-38-19-7-15(5-17(28)8-19)21-12-31-13-24-25(21)34-27(33-24)26-20-9-22(32-14-23(20)35-36-26)16-6-18(29)11-30-10-16/h5-14H,3-4,29H2,1-2H3,(H,33,34)(H,35,36). The van der Waals surface area contributed by atoms with Crippen molar-refractivity contribution in [1.29, 1.82) is 0 Å². The van der Waals surface area contributed by atoms with E-state index in [9.17, 15) is 4.39 Å². The molecular weight excluding hydrogens is 485 g/mol. The quantitative estimate of drug-likeness (QED) is 0.290. The van der Waals surface area contributed by atoms with E-state index in [1.54, 1.807) is 37.1 Å². The van der Waals surface area contributed by atoms with Crippen LogP contribution < -0.4 is 10.5 Å². The maximum atomic E-state index is 14.5. The van der Waals surface area contributed by atoms with Gasteiger partial charge >= 0.3 is 0 Å². The number of H-pyrrole nitrogens is 2. The van der Waals surface area contributed by atoms with E-state index in [1.807, 2.05) is 31.1 Å². The van der Waals surface area contributed by atoms with Crippen LogP contribution in [0.2, 0.25) is 0 Å². The number of ether oxygens (including phenoxy) is 1. The number of fused-ring (bicyclic) bond motifs is 2. The van der Waals surface area contributed by atoms with Crippen LogP contribution in [-0.4, -0.2) is 67.3 Å². The van der Waals surface area contributed by atoms with E-state index in [1.165, 1.54) is 12.1 Å². The number of rotatable bonds is 7. The molecule has 0 aliphatic carbocycles. The number of aromatic amines is 2. The molecule has 6 aromatic rings. The zero-order chi connectivity index (χ0) is 26.2. The molecule has 6 rings (SSSR count). The fourth-order valence-electron chi connectivity index (χ4n) is 4.26. The summed E-state index contributed by atoms with van der Waals surface area (Å²) in [5.41, 5.74) is 12.0. The zero-order valence-corrected chi connectivity index (χ0v) is 20.7. The first kappa shape index (κ1) is 23.5. The molecule has 11 heteroatoms. The molecule has 0 saturated carbocycles. The number of pyridine rings is 3. The zero-order valence-electron chi connectivity index (χ0n) is 20.7. The molecular formula is C27H24FN9O. The van der Waals surface area contributed by atoms with E-state index in [2.05, 4.69) is 30.1 Å². The number of nitrogens with one attached hydrogen (secondary N) is 2. The number of hydrogen-bond donors (Lipinski definition) is 3. The van der Waals surface area contributed by atoms with E-state index in [4.69, 9.17) is 15.5 Å². The van der Waals surface area contributed by atoms with Gasteiger partial charge < -0.3 is 20.4 Å². The minimum atomic E-state index is -0.399. The average molecular weight is 510 g/mol. The lowest BCUT2D eigenvalue weighted by molar-refractivity contribution is 0.260. The van der Waals surface area contributed by atoms with Crippen molar-refractivity contribution in [3.05, 3.63) is 67.1 Å². The summed E-state index contributed by atoms with van der Waals surface area (Å²) in [5, 5.41) is 8.33. The van der Waals surface area contributed by atoms with Crippen molar-refractivity contribution in [2.75, 3.05) is 33.0 Å². The normalized spacial score (nSPS) is 11.6. The van der Waals surface area contributed by atoms with Crippen LogP contribution in [0.25, 0.3) is 55.8 Å². The highest BCUT2D eigenvalue weighted by molar-refractivity contribution is 5.97. The fourth-order valence-corrected chi connectivity index (χ4v) is 4.26. The molecule has 0 unspecified atom stereocenters. The summed E-state index contributed by atoms with van der Waals surface area (Å²) in [7, 11) is 3.91. The molecule has 10 nitrogen and oxygen atoms in total. The molecule has 5 heterocycles. The van der Waals surface area contributed by atoms with Crippen molar-refractivity contribution in [1.82, 2.24) is 40.0 Å². The van der Waals surface area contributed by atoms with Crippen molar-refractivity contribution >= 4 is 27.6 Å². The molecule has 190 valence electrons. The van der Waals surface area contributed by atoms with Gasteiger partial charge in [0, 0.05) is 47.7 Å². The van der Waals surface area contributed by atoms with Crippen LogP contribution >= 0.6 is 0 Å². The largest absolute Gasteiger partial charge is 0.492 e. The van der Waals surface area contributed by atoms with Crippen LogP contribution in [0.4, 0.5) is 10.1 Å². The van der Waals surface area contributed by atoms with Crippen LogP contribution in [-0.2, 0) is 0 Å². The number of nitrogen functional groups attached to an aromatic ring is 1. The molecule has 0 amide bonds. The molecule has 0 bridgehead atoms. The number of aromatic nitrogens is 7. The number of imidazole rings is 1. The molecule has 1 aromatic carbocycles. The van der Waals surface area contributed by atoms with Gasteiger partial charge in [-0.3, -0.25) is 20.1 Å². The predicted molar refractivity (Wildman–Crippen MR) is 144 cm³/mol. The number of hydrogen-bond acceptors (Lipinski definition) is 8. The molecule has 0 saturated heterocycles. The Morgan fingerprint density at radius 1 is 0.947 bits per heavy atom. The van der Waals surface area contributed by atoms with Crippen molar-refractivity contribution < 1.29 is 9.13 Å². The summed E-state index contributed by atoms with van der Waals surface area (Å²) in [6, 6.07) is 8.36. The fraction of sp³-hybridized carbons (Fsp3) is 0.148. The van der Waals surface area contributed by atoms with Gasteiger partial charge in [-0.15, -0.1) is 0 Å². The number of likely N-dealkylation sites (N-methyl/N-ethyl adjacent to an activating group) is 1. The number of benzene rings is 1. The molecule has 4 N–H and O–H groups in total. The van der Waals surface area contributed by atoms with Gasteiger partial charge in [-0.1, -0.05) is 0 Å². The summed E-state index contributed by atoms with van der Waals surface area (Å²) in [5.74, 6) is 0.593. The topological polar surface area (TPSA) is 135 Å². The summed E-state index contributed by atoms with van der Waals surface area (Å²) in [6.07, 6.45) is 8.36. The van der Waals surface area contributed by atoms with E-state index in [-0.39, 0.29) is 0 Å². The van der Waals surface area contributed by atoms with Crippen molar-refractivity contribution in [2.24, 2.45) is 0 Å². The SMILES string of the molecule is CN(C)CCOc1cc(F)cc(-c2cncc3[nH]c(-c4n[nH]c5cnc(-c6cncc(N)c6)cc45)nc23)c1. The second-order valence-corrected chi connectivity index (χ2v) is 9.19. The second kappa shape index (κ2) is 9.52. The summed E-state index contributed by atoms with van der Waals surface area (Å²) in [6.45, 7) is 1.16.